The average Bonchev–Trinajstić information content (AvgIpc) is 3.05. The summed E-state index contributed by atoms with van der Waals surface area (Å²) in [4.78, 5) is 6.88. The van der Waals surface area contributed by atoms with Crippen molar-refractivity contribution in [2.45, 2.75) is 32.5 Å². The van der Waals surface area contributed by atoms with Crippen molar-refractivity contribution in [3.8, 4) is 0 Å². The fraction of sp³-hybridized carbons (Fsp3) is 0.471. The normalized spacial score (nSPS) is 18.3. The lowest BCUT2D eigenvalue weighted by Crippen LogP contribution is -2.32. The van der Waals surface area contributed by atoms with Gasteiger partial charge in [-0.25, -0.2) is 4.98 Å². The van der Waals surface area contributed by atoms with Crippen LogP contribution in [-0.2, 0) is 11.3 Å². The Bertz CT molecular complexity index is 609. The van der Waals surface area contributed by atoms with E-state index in [9.17, 15) is 5.11 Å². The number of likely N-dealkylation sites (N-methyl/N-ethyl adjacent to an activating group) is 1. The van der Waals surface area contributed by atoms with Crippen LogP contribution < -0.4 is 4.90 Å². The molecule has 1 atom stereocenters. The average molecular weight is 286 g/mol. The second kappa shape index (κ2) is 6.41. The first-order valence-corrected chi connectivity index (χ1v) is 7.67. The molecule has 4 heteroatoms. The predicted molar refractivity (Wildman–Crippen MR) is 84.5 cm³/mol. The van der Waals surface area contributed by atoms with Gasteiger partial charge in [0.15, 0.2) is 0 Å². The van der Waals surface area contributed by atoms with Gasteiger partial charge in [0.25, 0.3) is 0 Å². The summed E-state index contributed by atoms with van der Waals surface area (Å²) in [7, 11) is 0. The number of hydrogen-bond donors (Lipinski definition) is 1. The van der Waals surface area contributed by atoms with Crippen LogP contribution in [0.1, 0.15) is 25.3 Å². The lowest BCUT2D eigenvalue weighted by molar-refractivity contribution is 0.115. The first kappa shape index (κ1) is 14.3. The van der Waals surface area contributed by atoms with Crippen LogP contribution in [0, 0.1) is 0 Å². The highest BCUT2D eigenvalue weighted by molar-refractivity contribution is 5.94. The highest BCUT2D eigenvalue weighted by Gasteiger charge is 2.20. The number of hydrogen-bond acceptors (Lipinski definition) is 4. The van der Waals surface area contributed by atoms with Crippen molar-refractivity contribution < 1.29 is 9.84 Å². The Hall–Kier alpha value is -1.65. The molecule has 21 heavy (non-hydrogen) atoms. The monoisotopic (exact) mass is 286 g/mol. The summed E-state index contributed by atoms with van der Waals surface area (Å²) >= 11 is 0. The number of anilines is 1. The Labute approximate surface area is 125 Å². The summed E-state index contributed by atoms with van der Waals surface area (Å²) < 4.78 is 5.75. The number of fused-ring (bicyclic) bond motifs is 1. The SMILES string of the molecule is CCN(CC1CCCO1)c1ncc(CO)c2ccccc12. The highest BCUT2D eigenvalue weighted by Crippen LogP contribution is 2.28. The van der Waals surface area contributed by atoms with E-state index in [1.54, 1.807) is 6.20 Å². The van der Waals surface area contributed by atoms with Crippen LogP contribution in [0.25, 0.3) is 10.8 Å². The van der Waals surface area contributed by atoms with Crippen LogP contribution in [-0.4, -0.2) is 35.9 Å². The molecule has 0 amide bonds. The minimum atomic E-state index is 0.0195. The fourth-order valence-corrected chi connectivity index (χ4v) is 3.01. The van der Waals surface area contributed by atoms with Crippen molar-refractivity contribution in [3.05, 3.63) is 36.0 Å². The first-order chi connectivity index (χ1) is 10.3. The molecule has 0 aliphatic carbocycles. The van der Waals surface area contributed by atoms with E-state index in [0.717, 1.165) is 54.7 Å². The third-order valence-corrected chi connectivity index (χ3v) is 4.16. The quantitative estimate of drug-likeness (QED) is 0.918. The zero-order valence-corrected chi connectivity index (χ0v) is 12.5. The van der Waals surface area contributed by atoms with Gasteiger partial charge in [-0.15, -0.1) is 0 Å². The molecule has 0 bridgehead atoms. The lowest BCUT2D eigenvalue weighted by Gasteiger charge is -2.26. The Morgan fingerprint density at radius 3 is 2.81 bits per heavy atom. The van der Waals surface area contributed by atoms with E-state index in [1.165, 1.54) is 0 Å². The molecule has 1 saturated heterocycles. The van der Waals surface area contributed by atoms with Gasteiger partial charge in [0.2, 0.25) is 0 Å². The molecule has 1 unspecified atom stereocenters. The summed E-state index contributed by atoms with van der Waals surface area (Å²) in [6, 6.07) is 8.15. The maximum absolute atomic E-state index is 9.48. The van der Waals surface area contributed by atoms with Gasteiger partial charge in [0.1, 0.15) is 5.82 Å². The number of nitrogens with zero attached hydrogens (tertiary/aromatic N) is 2. The summed E-state index contributed by atoms with van der Waals surface area (Å²) in [5.74, 6) is 0.987. The minimum Gasteiger partial charge on any atom is -0.392 e. The Morgan fingerprint density at radius 2 is 2.14 bits per heavy atom. The highest BCUT2D eigenvalue weighted by atomic mass is 16.5. The summed E-state index contributed by atoms with van der Waals surface area (Å²) in [6.07, 6.45) is 4.38. The van der Waals surface area contributed by atoms with Gasteiger partial charge < -0.3 is 14.7 Å². The Morgan fingerprint density at radius 1 is 1.33 bits per heavy atom. The van der Waals surface area contributed by atoms with Crippen molar-refractivity contribution in [2.75, 3.05) is 24.6 Å². The zero-order valence-electron chi connectivity index (χ0n) is 12.5. The standard InChI is InChI=1S/C17H22N2O2/c1-2-19(11-14-6-5-9-21-14)17-16-8-4-3-7-15(16)13(12-20)10-18-17/h3-4,7-8,10,14,20H,2,5-6,9,11-12H2,1H3. The maximum atomic E-state index is 9.48. The van der Waals surface area contributed by atoms with Gasteiger partial charge in [-0.3, -0.25) is 0 Å². The van der Waals surface area contributed by atoms with Crippen LogP contribution in [0.4, 0.5) is 5.82 Å². The van der Waals surface area contributed by atoms with E-state index < -0.39 is 0 Å². The number of pyridine rings is 1. The number of aromatic nitrogens is 1. The predicted octanol–water partition coefficient (Wildman–Crippen LogP) is 2.73. The van der Waals surface area contributed by atoms with Crippen molar-refractivity contribution in [2.24, 2.45) is 0 Å². The van der Waals surface area contributed by atoms with Crippen molar-refractivity contribution in [3.63, 3.8) is 0 Å². The smallest absolute Gasteiger partial charge is 0.136 e. The van der Waals surface area contributed by atoms with E-state index >= 15 is 0 Å². The molecule has 0 saturated carbocycles. The van der Waals surface area contributed by atoms with Crippen LogP contribution in [0.5, 0.6) is 0 Å². The molecule has 1 aromatic carbocycles. The summed E-state index contributed by atoms with van der Waals surface area (Å²) in [5.41, 5.74) is 0.877. The lowest BCUT2D eigenvalue weighted by atomic mass is 10.1. The molecule has 1 aliphatic rings. The van der Waals surface area contributed by atoms with Crippen molar-refractivity contribution in [1.29, 1.82) is 0 Å². The summed E-state index contributed by atoms with van der Waals surface area (Å²) in [6.45, 7) is 4.82. The van der Waals surface area contributed by atoms with Crippen LogP contribution in [0.15, 0.2) is 30.5 Å². The molecule has 1 aromatic heterocycles. The number of aliphatic hydroxyl groups is 1. The molecule has 4 nitrogen and oxygen atoms in total. The second-order valence-electron chi connectivity index (χ2n) is 5.48. The Kier molecular flexibility index (Phi) is 4.36. The molecular formula is C17H22N2O2. The van der Waals surface area contributed by atoms with Crippen molar-refractivity contribution in [1.82, 2.24) is 4.98 Å². The number of ether oxygens (including phenoxy) is 1. The van der Waals surface area contributed by atoms with Gasteiger partial charge >= 0.3 is 0 Å². The Balaban J connectivity index is 1.97. The van der Waals surface area contributed by atoms with E-state index in [4.69, 9.17) is 4.74 Å². The van der Waals surface area contributed by atoms with E-state index in [1.807, 2.05) is 18.2 Å². The second-order valence-corrected chi connectivity index (χ2v) is 5.48. The number of aliphatic hydroxyl groups excluding tert-OH is 1. The van der Waals surface area contributed by atoms with Crippen molar-refractivity contribution >= 4 is 16.6 Å². The summed E-state index contributed by atoms with van der Waals surface area (Å²) in [5, 5.41) is 11.7. The molecule has 0 radical (unpaired) electrons. The molecule has 1 aliphatic heterocycles. The number of rotatable bonds is 5. The van der Waals surface area contributed by atoms with Gasteiger partial charge in [0.05, 0.1) is 12.7 Å². The van der Waals surface area contributed by atoms with Gasteiger partial charge in [-0.1, -0.05) is 24.3 Å². The molecule has 1 fully saturated rings. The first-order valence-electron chi connectivity index (χ1n) is 7.67. The molecule has 112 valence electrons. The van der Waals surface area contributed by atoms with Crippen LogP contribution in [0.3, 0.4) is 0 Å². The third kappa shape index (κ3) is 2.87. The largest absolute Gasteiger partial charge is 0.392 e. The molecular weight excluding hydrogens is 264 g/mol. The molecule has 2 heterocycles. The van der Waals surface area contributed by atoms with E-state index in [-0.39, 0.29) is 6.61 Å². The molecule has 0 spiro atoms. The molecule has 1 N–H and O–H groups in total. The number of benzene rings is 1. The minimum absolute atomic E-state index is 0.0195. The van der Waals surface area contributed by atoms with Gasteiger partial charge in [0, 0.05) is 36.8 Å². The van der Waals surface area contributed by atoms with Gasteiger partial charge in [-0.2, -0.15) is 0 Å². The fourth-order valence-electron chi connectivity index (χ4n) is 3.01. The zero-order chi connectivity index (χ0) is 14.7. The van der Waals surface area contributed by atoms with E-state index in [0.29, 0.717) is 6.10 Å². The van der Waals surface area contributed by atoms with Crippen LogP contribution in [0.2, 0.25) is 0 Å². The maximum Gasteiger partial charge on any atom is 0.136 e. The van der Waals surface area contributed by atoms with Crippen LogP contribution >= 0.6 is 0 Å². The van der Waals surface area contributed by atoms with Gasteiger partial charge in [-0.05, 0) is 25.2 Å². The third-order valence-electron chi connectivity index (χ3n) is 4.16. The molecule has 3 rings (SSSR count). The van der Waals surface area contributed by atoms with E-state index in [2.05, 4.69) is 22.9 Å². The molecule has 2 aromatic rings. The topological polar surface area (TPSA) is 45.6 Å².